The zero-order valence-electron chi connectivity index (χ0n) is 15.0. The number of anilines is 1. The molecule has 3 nitrogen and oxygen atoms in total. The molecule has 0 saturated carbocycles. The van der Waals surface area contributed by atoms with Crippen LogP contribution in [0.3, 0.4) is 0 Å². The summed E-state index contributed by atoms with van der Waals surface area (Å²) in [7, 11) is 1.64. The monoisotopic (exact) mass is 353 g/mol. The third-order valence-corrected chi connectivity index (χ3v) is 4.51. The Hall–Kier alpha value is -3.59. The van der Waals surface area contributed by atoms with E-state index in [2.05, 4.69) is 0 Å². The Morgan fingerprint density at radius 2 is 1.44 bits per heavy atom. The molecule has 1 aliphatic heterocycles. The van der Waals surface area contributed by atoms with Crippen LogP contribution in [0.5, 0.6) is 5.75 Å². The molecule has 1 amide bonds. The average molecular weight is 353 g/mol. The second-order valence-corrected chi connectivity index (χ2v) is 6.24. The molecule has 0 aliphatic carbocycles. The van der Waals surface area contributed by atoms with Gasteiger partial charge in [0.2, 0.25) is 0 Å². The Kier molecular flexibility index (Phi) is 4.58. The van der Waals surface area contributed by atoms with Crippen LogP contribution in [-0.2, 0) is 4.79 Å². The first kappa shape index (κ1) is 16.9. The number of hydrogen-bond donors (Lipinski definition) is 0. The van der Waals surface area contributed by atoms with Crippen molar-refractivity contribution in [3.05, 3.63) is 108 Å². The van der Waals surface area contributed by atoms with E-state index in [1.165, 1.54) is 0 Å². The van der Waals surface area contributed by atoms with Gasteiger partial charge in [-0.15, -0.1) is 0 Å². The van der Waals surface area contributed by atoms with Crippen molar-refractivity contribution in [1.82, 2.24) is 0 Å². The van der Waals surface area contributed by atoms with Crippen molar-refractivity contribution in [1.29, 1.82) is 0 Å². The minimum Gasteiger partial charge on any atom is -0.497 e. The van der Waals surface area contributed by atoms with Crippen molar-refractivity contribution in [2.24, 2.45) is 0 Å². The summed E-state index contributed by atoms with van der Waals surface area (Å²) in [5.41, 5.74) is 4.36. The van der Waals surface area contributed by atoms with Crippen LogP contribution < -0.4 is 9.64 Å². The number of para-hydroxylation sites is 1. The number of carbonyl (C=O) groups is 1. The maximum Gasteiger partial charge on any atom is 0.262 e. The van der Waals surface area contributed by atoms with Crippen molar-refractivity contribution in [2.75, 3.05) is 12.0 Å². The van der Waals surface area contributed by atoms with Gasteiger partial charge in [-0.3, -0.25) is 9.69 Å². The van der Waals surface area contributed by atoms with E-state index in [0.717, 1.165) is 28.3 Å². The van der Waals surface area contributed by atoms with Gasteiger partial charge in [0.1, 0.15) is 5.75 Å². The average Bonchev–Trinajstić information content (AvgIpc) is 3.06. The van der Waals surface area contributed by atoms with Gasteiger partial charge in [-0.25, -0.2) is 0 Å². The minimum absolute atomic E-state index is 0.0316. The van der Waals surface area contributed by atoms with Gasteiger partial charge >= 0.3 is 0 Å². The van der Waals surface area contributed by atoms with E-state index in [1.807, 2.05) is 97.1 Å². The van der Waals surface area contributed by atoms with Crippen molar-refractivity contribution in [2.45, 2.75) is 0 Å². The molecule has 1 heterocycles. The first-order valence-electron chi connectivity index (χ1n) is 8.78. The second kappa shape index (κ2) is 7.34. The summed E-state index contributed by atoms with van der Waals surface area (Å²) >= 11 is 0. The standard InChI is InChI=1S/C24H19NO2/c1-27-22-14-12-18(13-15-22)16-20-17-23(19-8-4-2-5-9-19)25(24(20)26)21-10-6-3-7-11-21/h2-17H,1H3. The van der Waals surface area contributed by atoms with E-state index in [0.29, 0.717) is 5.57 Å². The molecule has 3 heteroatoms. The zero-order chi connectivity index (χ0) is 18.6. The molecule has 0 fully saturated rings. The predicted molar refractivity (Wildman–Crippen MR) is 109 cm³/mol. The van der Waals surface area contributed by atoms with Crippen LogP contribution in [-0.4, -0.2) is 13.0 Å². The number of amides is 1. The van der Waals surface area contributed by atoms with Gasteiger partial charge in [0.05, 0.1) is 12.8 Å². The van der Waals surface area contributed by atoms with Gasteiger partial charge in [0.25, 0.3) is 5.91 Å². The molecule has 0 spiro atoms. The maximum atomic E-state index is 13.2. The third-order valence-electron chi connectivity index (χ3n) is 4.51. The SMILES string of the molecule is COc1ccc(C=C2C=C(c3ccccc3)N(c3ccccc3)C2=O)cc1. The molecule has 0 bridgehead atoms. The van der Waals surface area contributed by atoms with Crippen LogP contribution in [0, 0.1) is 0 Å². The lowest BCUT2D eigenvalue weighted by atomic mass is 10.1. The van der Waals surface area contributed by atoms with E-state index < -0.39 is 0 Å². The van der Waals surface area contributed by atoms with Crippen molar-refractivity contribution in [3.8, 4) is 5.75 Å². The number of methoxy groups -OCH3 is 1. The first-order valence-corrected chi connectivity index (χ1v) is 8.78. The molecule has 132 valence electrons. The Labute approximate surface area is 158 Å². The normalized spacial score (nSPS) is 15.1. The van der Waals surface area contributed by atoms with Crippen molar-refractivity contribution < 1.29 is 9.53 Å². The van der Waals surface area contributed by atoms with E-state index >= 15 is 0 Å². The highest BCUT2D eigenvalue weighted by Crippen LogP contribution is 2.35. The Balaban J connectivity index is 1.78. The quantitative estimate of drug-likeness (QED) is 0.606. The highest BCUT2D eigenvalue weighted by atomic mass is 16.5. The molecule has 0 radical (unpaired) electrons. The minimum atomic E-state index is -0.0316. The molecule has 0 N–H and O–H groups in total. The first-order chi connectivity index (χ1) is 13.3. The smallest absolute Gasteiger partial charge is 0.262 e. The summed E-state index contributed by atoms with van der Waals surface area (Å²) in [6.45, 7) is 0. The van der Waals surface area contributed by atoms with E-state index in [4.69, 9.17) is 4.74 Å². The summed E-state index contributed by atoms with van der Waals surface area (Å²) < 4.78 is 5.20. The molecular formula is C24H19NO2. The molecule has 3 aromatic rings. The Morgan fingerprint density at radius 3 is 2.07 bits per heavy atom. The number of ether oxygens (including phenoxy) is 1. The largest absolute Gasteiger partial charge is 0.497 e. The molecule has 1 aliphatic rings. The second-order valence-electron chi connectivity index (χ2n) is 6.24. The zero-order valence-corrected chi connectivity index (χ0v) is 15.0. The van der Waals surface area contributed by atoms with E-state index in [1.54, 1.807) is 12.0 Å². The Bertz CT molecular complexity index is 1000. The van der Waals surface area contributed by atoms with Crippen LogP contribution >= 0.6 is 0 Å². The van der Waals surface area contributed by atoms with Gasteiger partial charge in [-0.05, 0) is 47.5 Å². The Morgan fingerprint density at radius 1 is 0.815 bits per heavy atom. The molecule has 27 heavy (non-hydrogen) atoms. The molecule has 0 atom stereocenters. The van der Waals surface area contributed by atoms with Crippen LogP contribution in [0.1, 0.15) is 11.1 Å². The van der Waals surface area contributed by atoms with Gasteiger partial charge in [0.15, 0.2) is 0 Å². The molecule has 4 rings (SSSR count). The number of rotatable bonds is 4. The summed E-state index contributed by atoms with van der Waals surface area (Å²) in [6.07, 6.45) is 3.86. The number of benzene rings is 3. The number of nitrogens with zero attached hydrogens (tertiary/aromatic N) is 1. The molecule has 0 unspecified atom stereocenters. The lowest BCUT2D eigenvalue weighted by molar-refractivity contribution is -0.113. The van der Waals surface area contributed by atoms with E-state index in [9.17, 15) is 4.79 Å². The fraction of sp³-hybridized carbons (Fsp3) is 0.0417. The lowest BCUT2D eigenvalue weighted by Gasteiger charge is -2.20. The predicted octanol–water partition coefficient (Wildman–Crippen LogP) is 5.17. The van der Waals surface area contributed by atoms with Gasteiger partial charge in [0, 0.05) is 11.3 Å². The van der Waals surface area contributed by atoms with Crippen molar-refractivity contribution in [3.63, 3.8) is 0 Å². The maximum absolute atomic E-state index is 13.2. The fourth-order valence-corrected chi connectivity index (χ4v) is 3.15. The fourth-order valence-electron chi connectivity index (χ4n) is 3.15. The summed E-state index contributed by atoms with van der Waals surface area (Å²) in [5, 5.41) is 0. The topological polar surface area (TPSA) is 29.5 Å². The molecule has 3 aromatic carbocycles. The molecule has 0 aromatic heterocycles. The highest BCUT2D eigenvalue weighted by Gasteiger charge is 2.30. The van der Waals surface area contributed by atoms with Crippen LogP contribution in [0.2, 0.25) is 0 Å². The highest BCUT2D eigenvalue weighted by molar-refractivity contribution is 6.23. The van der Waals surface area contributed by atoms with Gasteiger partial charge in [-0.2, -0.15) is 0 Å². The van der Waals surface area contributed by atoms with Crippen molar-refractivity contribution >= 4 is 23.4 Å². The van der Waals surface area contributed by atoms with Gasteiger partial charge in [-0.1, -0.05) is 60.7 Å². The van der Waals surface area contributed by atoms with E-state index in [-0.39, 0.29) is 5.91 Å². The lowest BCUT2D eigenvalue weighted by Crippen LogP contribution is -2.24. The van der Waals surface area contributed by atoms with Crippen LogP contribution in [0.4, 0.5) is 5.69 Å². The summed E-state index contributed by atoms with van der Waals surface area (Å²) in [5.74, 6) is 0.761. The van der Waals surface area contributed by atoms with Crippen LogP contribution in [0.25, 0.3) is 11.8 Å². The molecule has 0 saturated heterocycles. The van der Waals surface area contributed by atoms with Crippen LogP contribution in [0.15, 0.2) is 96.6 Å². The number of carbonyl (C=O) groups excluding carboxylic acids is 1. The molecular weight excluding hydrogens is 334 g/mol. The summed E-state index contributed by atoms with van der Waals surface area (Å²) in [4.78, 5) is 15.0. The van der Waals surface area contributed by atoms with Gasteiger partial charge < -0.3 is 4.74 Å². The number of hydrogen-bond acceptors (Lipinski definition) is 2. The third kappa shape index (κ3) is 3.40. The summed E-state index contributed by atoms with van der Waals surface area (Å²) in [6, 6.07) is 27.4.